The maximum atomic E-state index is 11.4. The van der Waals surface area contributed by atoms with Crippen LogP contribution in [0.1, 0.15) is 10.4 Å². The van der Waals surface area contributed by atoms with Crippen LogP contribution >= 0.6 is 15.9 Å². The first-order chi connectivity index (χ1) is 9.01. The topological polar surface area (TPSA) is 82.1 Å². The lowest BCUT2D eigenvalue weighted by molar-refractivity contribution is -0.138. The van der Waals surface area contributed by atoms with E-state index in [0.717, 1.165) is 6.26 Å². The fourth-order valence-electron chi connectivity index (χ4n) is 1.24. The molecule has 102 valence electrons. The van der Waals surface area contributed by atoms with E-state index in [4.69, 9.17) is 9.84 Å². The molecule has 0 saturated heterocycles. The number of carboxylic acids is 1. The summed E-state index contributed by atoms with van der Waals surface area (Å²) in [6.07, 6.45) is 1.03. The second kappa shape index (κ2) is 6.79. The third kappa shape index (κ3) is 3.72. The number of benzene rings is 1. The van der Waals surface area contributed by atoms with Crippen molar-refractivity contribution in [1.82, 2.24) is 0 Å². The quantitative estimate of drug-likeness (QED) is 0.506. The number of carbonyl (C=O) groups excluding carboxylic acids is 1. The van der Waals surface area contributed by atoms with Crippen LogP contribution in [-0.4, -0.2) is 31.3 Å². The second-order valence-electron chi connectivity index (χ2n) is 3.23. The Hall–Kier alpha value is -2.02. The first-order valence-electron chi connectivity index (χ1n) is 5.02. The van der Waals surface area contributed by atoms with Crippen molar-refractivity contribution in [2.75, 3.05) is 14.2 Å². The van der Waals surface area contributed by atoms with Gasteiger partial charge in [-0.3, -0.25) is 0 Å². The standard InChI is InChI=1S/C12H11BrO6/c1-17-6-9(12(16)18-2)19-8-5-3-4-7(13)10(8)11(14)15/h3-6H,1-2H3,(H,14,15)/b9-6+. The van der Waals surface area contributed by atoms with Crippen molar-refractivity contribution in [3.63, 3.8) is 0 Å². The van der Waals surface area contributed by atoms with E-state index < -0.39 is 11.9 Å². The first kappa shape index (κ1) is 15.0. The van der Waals surface area contributed by atoms with Gasteiger partial charge in [-0.1, -0.05) is 6.07 Å². The van der Waals surface area contributed by atoms with Crippen LogP contribution < -0.4 is 4.74 Å². The number of carboxylic acid groups (broad SMARTS) is 1. The minimum atomic E-state index is -1.19. The molecule has 0 fully saturated rings. The number of hydrogen-bond acceptors (Lipinski definition) is 5. The maximum absolute atomic E-state index is 11.4. The number of ether oxygens (including phenoxy) is 3. The fraction of sp³-hybridized carbons (Fsp3) is 0.167. The minimum Gasteiger partial charge on any atom is -0.500 e. The lowest BCUT2D eigenvalue weighted by Gasteiger charge is -2.11. The van der Waals surface area contributed by atoms with Gasteiger partial charge in [-0.05, 0) is 28.1 Å². The Morgan fingerprint density at radius 2 is 2.00 bits per heavy atom. The molecule has 1 N–H and O–H groups in total. The summed E-state index contributed by atoms with van der Waals surface area (Å²) < 4.78 is 14.7. The van der Waals surface area contributed by atoms with Crippen molar-refractivity contribution in [2.45, 2.75) is 0 Å². The van der Waals surface area contributed by atoms with Gasteiger partial charge in [0, 0.05) is 4.47 Å². The predicted molar refractivity (Wildman–Crippen MR) is 68.8 cm³/mol. The highest BCUT2D eigenvalue weighted by Gasteiger charge is 2.20. The van der Waals surface area contributed by atoms with Gasteiger partial charge in [-0.2, -0.15) is 0 Å². The lowest BCUT2D eigenvalue weighted by Crippen LogP contribution is -2.13. The molecular formula is C12H11BrO6. The average Bonchev–Trinajstić information content (AvgIpc) is 2.37. The Labute approximate surface area is 117 Å². The molecule has 0 aliphatic rings. The van der Waals surface area contributed by atoms with E-state index >= 15 is 0 Å². The molecule has 0 heterocycles. The lowest BCUT2D eigenvalue weighted by atomic mass is 10.2. The summed E-state index contributed by atoms with van der Waals surface area (Å²) in [5.41, 5.74) is -0.103. The van der Waals surface area contributed by atoms with Crippen LogP contribution in [0, 0.1) is 0 Å². The smallest absolute Gasteiger partial charge is 0.377 e. The Morgan fingerprint density at radius 1 is 1.32 bits per heavy atom. The molecule has 19 heavy (non-hydrogen) atoms. The Balaban J connectivity index is 3.17. The summed E-state index contributed by atoms with van der Waals surface area (Å²) in [5.74, 6) is -2.23. The number of methoxy groups -OCH3 is 2. The average molecular weight is 331 g/mol. The van der Waals surface area contributed by atoms with E-state index in [1.807, 2.05) is 0 Å². The molecule has 0 aromatic heterocycles. The van der Waals surface area contributed by atoms with Crippen LogP contribution in [0.2, 0.25) is 0 Å². The van der Waals surface area contributed by atoms with Crippen LogP contribution in [0.25, 0.3) is 0 Å². The van der Waals surface area contributed by atoms with Crippen LogP contribution in [0.3, 0.4) is 0 Å². The number of rotatable bonds is 5. The molecule has 1 aromatic rings. The van der Waals surface area contributed by atoms with Gasteiger partial charge in [0.25, 0.3) is 0 Å². The molecule has 0 atom stereocenters. The van der Waals surface area contributed by atoms with Gasteiger partial charge >= 0.3 is 11.9 Å². The van der Waals surface area contributed by atoms with Crippen molar-refractivity contribution in [2.24, 2.45) is 0 Å². The summed E-state index contributed by atoms with van der Waals surface area (Å²) in [6, 6.07) is 4.54. The normalized spacial score (nSPS) is 10.8. The SMILES string of the molecule is CO/C=C(/Oc1cccc(Br)c1C(=O)O)C(=O)OC. The molecule has 1 aromatic carbocycles. The molecule has 7 heteroatoms. The summed E-state index contributed by atoms with van der Waals surface area (Å²) >= 11 is 3.10. The fourth-order valence-corrected chi connectivity index (χ4v) is 1.75. The Morgan fingerprint density at radius 3 is 2.53 bits per heavy atom. The number of halogens is 1. The number of esters is 1. The highest BCUT2D eigenvalue weighted by atomic mass is 79.9. The highest BCUT2D eigenvalue weighted by molar-refractivity contribution is 9.10. The third-order valence-corrected chi connectivity index (χ3v) is 2.68. The van der Waals surface area contributed by atoms with Gasteiger partial charge in [-0.25, -0.2) is 9.59 Å². The van der Waals surface area contributed by atoms with Crippen molar-refractivity contribution in [3.05, 3.63) is 40.3 Å². The van der Waals surface area contributed by atoms with E-state index in [1.54, 1.807) is 12.1 Å². The molecule has 0 aliphatic carbocycles. The summed E-state index contributed by atoms with van der Waals surface area (Å²) in [4.78, 5) is 22.6. The van der Waals surface area contributed by atoms with Crippen LogP contribution in [-0.2, 0) is 14.3 Å². The Kier molecular flexibility index (Phi) is 5.37. The summed E-state index contributed by atoms with van der Waals surface area (Å²) in [6.45, 7) is 0. The first-order valence-corrected chi connectivity index (χ1v) is 5.81. The number of carbonyl (C=O) groups is 2. The second-order valence-corrected chi connectivity index (χ2v) is 4.08. The van der Waals surface area contributed by atoms with Crippen LogP contribution in [0.4, 0.5) is 0 Å². The minimum absolute atomic E-state index is 0.00410. The van der Waals surface area contributed by atoms with Gasteiger partial charge in [0.05, 0.1) is 14.2 Å². The van der Waals surface area contributed by atoms with Gasteiger partial charge in [0.2, 0.25) is 5.76 Å². The van der Waals surface area contributed by atoms with Crippen molar-refractivity contribution in [3.8, 4) is 5.75 Å². The molecule has 0 spiro atoms. The van der Waals surface area contributed by atoms with E-state index in [0.29, 0.717) is 4.47 Å². The Bertz CT molecular complexity index is 523. The van der Waals surface area contributed by atoms with E-state index in [9.17, 15) is 9.59 Å². The molecule has 0 bridgehead atoms. The van der Waals surface area contributed by atoms with E-state index in [1.165, 1.54) is 20.3 Å². The van der Waals surface area contributed by atoms with E-state index in [2.05, 4.69) is 25.4 Å². The molecule has 0 aliphatic heterocycles. The van der Waals surface area contributed by atoms with Crippen molar-refractivity contribution < 1.29 is 28.9 Å². The molecule has 6 nitrogen and oxygen atoms in total. The molecule has 0 amide bonds. The molecule has 1 rings (SSSR count). The largest absolute Gasteiger partial charge is 0.500 e. The molecular weight excluding hydrogens is 320 g/mol. The van der Waals surface area contributed by atoms with Crippen LogP contribution in [0.5, 0.6) is 5.75 Å². The van der Waals surface area contributed by atoms with Gasteiger partial charge in [-0.15, -0.1) is 0 Å². The number of hydrogen-bond donors (Lipinski definition) is 1. The van der Waals surface area contributed by atoms with Crippen molar-refractivity contribution >= 4 is 27.9 Å². The number of aromatic carboxylic acids is 1. The summed E-state index contributed by atoms with van der Waals surface area (Å²) in [5, 5.41) is 9.11. The molecule has 0 unspecified atom stereocenters. The molecule has 0 radical (unpaired) electrons. The van der Waals surface area contributed by atoms with Gasteiger partial charge < -0.3 is 19.3 Å². The predicted octanol–water partition coefficient (Wildman–Crippen LogP) is 2.19. The summed E-state index contributed by atoms with van der Waals surface area (Å²) in [7, 11) is 2.50. The zero-order valence-electron chi connectivity index (χ0n) is 10.2. The van der Waals surface area contributed by atoms with Crippen LogP contribution in [0.15, 0.2) is 34.7 Å². The highest BCUT2D eigenvalue weighted by Crippen LogP contribution is 2.28. The van der Waals surface area contributed by atoms with Gasteiger partial charge in [0.1, 0.15) is 17.6 Å². The van der Waals surface area contributed by atoms with E-state index in [-0.39, 0.29) is 17.1 Å². The zero-order chi connectivity index (χ0) is 14.4. The zero-order valence-corrected chi connectivity index (χ0v) is 11.8. The van der Waals surface area contributed by atoms with Gasteiger partial charge in [0.15, 0.2) is 0 Å². The van der Waals surface area contributed by atoms with Crippen molar-refractivity contribution in [1.29, 1.82) is 0 Å². The molecule has 0 saturated carbocycles. The third-order valence-electron chi connectivity index (χ3n) is 2.02. The monoisotopic (exact) mass is 330 g/mol. The maximum Gasteiger partial charge on any atom is 0.377 e.